The fraction of sp³-hybridized carbons (Fsp3) is 0.0714. The quantitative estimate of drug-likeness (QED) is 0.854. The first-order valence-electron chi connectivity index (χ1n) is 6.22. The molecular weight excluding hydrogens is 339 g/mol. The molecule has 1 aromatic heterocycles. The molecule has 0 saturated carbocycles. The largest absolute Gasteiger partial charge is 0.505 e. The lowest BCUT2D eigenvalue weighted by atomic mass is 10.3. The van der Waals surface area contributed by atoms with Crippen molar-refractivity contribution in [1.29, 1.82) is 10.5 Å². The Morgan fingerprint density at radius 1 is 1.22 bits per heavy atom. The lowest BCUT2D eigenvalue weighted by Gasteiger charge is -2.05. The molecule has 0 saturated heterocycles. The molecule has 23 heavy (non-hydrogen) atoms. The first-order valence-corrected chi connectivity index (χ1v) is 6.97. The number of rotatable bonds is 1. The molecule has 0 atom stereocenters. The van der Waals surface area contributed by atoms with Crippen molar-refractivity contribution in [3.8, 4) is 17.9 Å². The van der Waals surface area contributed by atoms with E-state index in [1.807, 2.05) is 12.1 Å². The van der Waals surface area contributed by atoms with E-state index in [0.717, 1.165) is 0 Å². The SMILES string of the molecule is CC1=Nc2nc(C#N)c(C#N)n2C1=Nc1cc(Cl)c(O)c(Cl)c1. The van der Waals surface area contributed by atoms with Gasteiger partial charge in [-0.25, -0.2) is 14.6 Å². The number of benzene rings is 1. The van der Waals surface area contributed by atoms with Crippen molar-refractivity contribution in [3.63, 3.8) is 0 Å². The van der Waals surface area contributed by atoms with Gasteiger partial charge in [0.25, 0.3) is 0 Å². The second-order valence-corrected chi connectivity index (χ2v) is 5.37. The standard InChI is InChI=1S/C14H6Cl2N6O/c1-6-13(20-7-2-8(15)12(23)9(16)3-7)22-11(5-18)10(4-17)21-14(22)19-6/h2-3,23H,1H3. The Kier molecular flexibility index (Phi) is 3.53. The summed E-state index contributed by atoms with van der Waals surface area (Å²) in [5.74, 6) is 0.315. The van der Waals surface area contributed by atoms with Crippen LogP contribution in [0.15, 0.2) is 22.1 Å². The van der Waals surface area contributed by atoms with Gasteiger partial charge in [-0.05, 0) is 19.1 Å². The van der Waals surface area contributed by atoms with Gasteiger partial charge in [-0.3, -0.25) is 0 Å². The highest BCUT2D eigenvalue weighted by molar-refractivity contribution is 6.44. The number of fused-ring (bicyclic) bond motifs is 1. The maximum absolute atomic E-state index is 9.59. The number of phenolic OH excluding ortho intramolecular Hbond substituents is 1. The molecule has 0 bridgehead atoms. The van der Waals surface area contributed by atoms with Crippen LogP contribution in [-0.4, -0.2) is 26.2 Å². The summed E-state index contributed by atoms with van der Waals surface area (Å²) in [5, 5.41) is 28.0. The lowest BCUT2D eigenvalue weighted by Crippen LogP contribution is -2.16. The third-order valence-corrected chi connectivity index (χ3v) is 3.69. The second kappa shape index (κ2) is 5.40. The minimum atomic E-state index is -0.234. The molecule has 1 N–H and O–H groups in total. The summed E-state index contributed by atoms with van der Waals surface area (Å²) < 4.78 is 1.39. The summed E-state index contributed by atoms with van der Waals surface area (Å²) in [6.45, 7) is 1.70. The molecule has 0 amide bonds. The average Bonchev–Trinajstić information content (AvgIpc) is 3.00. The Morgan fingerprint density at radius 3 is 2.43 bits per heavy atom. The molecule has 0 fully saturated rings. The van der Waals surface area contributed by atoms with E-state index >= 15 is 0 Å². The number of halogens is 2. The molecule has 9 heteroatoms. The normalized spacial score (nSPS) is 14.3. The van der Waals surface area contributed by atoms with E-state index in [1.54, 1.807) is 6.92 Å². The second-order valence-electron chi connectivity index (χ2n) is 4.56. The van der Waals surface area contributed by atoms with Crippen molar-refractivity contribution in [1.82, 2.24) is 9.55 Å². The molecular formula is C14H6Cl2N6O. The highest BCUT2D eigenvalue weighted by Crippen LogP contribution is 2.36. The highest BCUT2D eigenvalue weighted by Gasteiger charge is 2.27. The minimum absolute atomic E-state index is 0.0202. The van der Waals surface area contributed by atoms with Gasteiger partial charge in [0.2, 0.25) is 5.95 Å². The number of aromatic nitrogens is 2. The van der Waals surface area contributed by atoms with E-state index in [4.69, 9.17) is 28.5 Å². The van der Waals surface area contributed by atoms with Gasteiger partial charge in [-0.15, -0.1) is 0 Å². The summed E-state index contributed by atoms with van der Waals surface area (Å²) in [4.78, 5) is 12.5. The molecule has 0 radical (unpaired) electrons. The van der Waals surface area contributed by atoms with Crippen molar-refractivity contribution in [3.05, 3.63) is 33.6 Å². The molecule has 1 aromatic carbocycles. The number of nitrogens with zero attached hydrogens (tertiary/aromatic N) is 6. The van der Waals surface area contributed by atoms with Gasteiger partial charge in [-0.1, -0.05) is 23.2 Å². The Balaban J connectivity index is 2.21. The van der Waals surface area contributed by atoms with Gasteiger partial charge in [0.15, 0.2) is 23.0 Å². The van der Waals surface area contributed by atoms with Crippen LogP contribution in [0.1, 0.15) is 18.3 Å². The van der Waals surface area contributed by atoms with Gasteiger partial charge in [0, 0.05) is 0 Å². The summed E-state index contributed by atoms with van der Waals surface area (Å²) in [5.41, 5.74) is 0.922. The maximum Gasteiger partial charge on any atom is 0.238 e. The molecule has 2 aromatic rings. The topological polar surface area (TPSA) is 110 Å². The molecule has 7 nitrogen and oxygen atoms in total. The number of phenols is 1. The molecule has 1 aliphatic rings. The van der Waals surface area contributed by atoms with E-state index in [2.05, 4.69) is 15.0 Å². The molecule has 0 unspecified atom stereocenters. The Labute approximate surface area is 140 Å². The van der Waals surface area contributed by atoms with Gasteiger partial charge in [-0.2, -0.15) is 15.5 Å². The van der Waals surface area contributed by atoms with Crippen molar-refractivity contribution in [2.24, 2.45) is 9.98 Å². The first-order chi connectivity index (χ1) is 11.0. The number of imidazole rings is 1. The Morgan fingerprint density at radius 2 is 1.87 bits per heavy atom. The van der Waals surface area contributed by atoms with E-state index in [9.17, 15) is 10.4 Å². The fourth-order valence-corrected chi connectivity index (χ4v) is 2.57. The zero-order chi connectivity index (χ0) is 16.7. The Hall–Kier alpha value is -2.87. The smallest absolute Gasteiger partial charge is 0.238 e. The van der Waals surface area contributed by atoms with Gasteiger partial charge >= 0.3 is 0 Å². The number of aliphatic imine (C=N–C) groups is 2. The van der Waals surface area contributed by atoms with Crippen LogP contribution >= 0.6 is 23.2 Å². The van der Waals surface area contributed by atoms with Crippen LogP contribution in [-0.2, 0) is 0 Å². The molecule has 2 heterocycles. The van der Waals surface area contributed by atoms with Crippen LogP contribution in [0.3, 0.4) is 0 Å². The zero-order valence-electron chi connectivity index (χ0n) is 11.5. The fourth-order valence-electron chi connectivity index (χ4n) is 2.10. The zero-order valence-corrected chi connectivity index (χ0v) is 13.1. The predicted octanol–water partition coefficient (Wildman–Crippen LogP) is 3.32. The van der Waals surface area contributed by atoms with Crippen molar-refractivity contribution in [2.75, 3.05) is 0 Å². The van der Waals surface area contributed by atoms with E-state index in [-0.39, 0.29) is 33.1 Å². The van der Waals surface area contributed by atoms with Gasteiger partial charge < -0.3 is 5.11 Å². The predicted molar refractivity (Wildman–Crippen MR) is 85.0 cm³/mol. The van der Waals surface area contributed by atoms with E-state index < -0.39 is 0 Å². The molecule has 3 rings (SSSR count). The van der Waals surface area contributed by atoms with E-state index in [0.29, 0.717) is 17.2 Å². The van der Waals surface area contributed by atoms with Crippen LogP contribution in [0.25, 0.3) is 0 Å². The van der Waals surface area contributed by atoms with Gasteiger partial charge in [0.05, 0.1) is 21.4 Å². The third-order valence-electron chi connectivity index (χ3n) is 3.11. The summed E-state index contributed by atoms with van der Waals surface area (Å²) >= 11 is 11.8. The van der Waals surface area contributed by atoms with E-state index in [1.165, 1.54) is 16.7 Å². The number of hydrogen-bond donors (Lipinski definition) is 1. The monoisotopic (exact) mass is 344 g/mol. The van der Waals surface area contributed by atoms with Crippen LogP contribution in [0, 0.1) is 22.7 Å². The number of hydrogen-bond acceptors (Lipinski definition) is 6. The van der Waals surface area contributed by atoms with Crippen LogP contribution in [0.4, 0.5) is 11.6 Å². The molecule has 0 aliphatic carbocycles. The molecule has 0 spiro atoms. The highest BCUT2D eigenvalue weighted by atomic mass is 35.5. The van der Waals surface area contributed by atoms with Crippen LogP contribution < -0.4 is 0 Å². The summed E-state index contributed by atoms with van der Waals surface area (Å²) in [7, 11) is 0. The average molecular weight is 345 g/mol. The van der Waals surface area contributed by atoms with Crippen molar-refractivity contribution >= 4 is 46.4 Å². The van der Waals surface area contributed by atoms with Crippen molar-refractivity contribution < 1.29 is 5.11 Å². The number of aromatic hydroxyl groups is 1. The third kappa shape index (κ3) is 2.33. The first kappa shape index (κ1) is 15.0. The van der Waals surface area contributed by atoms with Crippen LogP contribution in [0.2, 0.25) is 10.0 Å². The minimum Gasteiger partial charge on any atom is -0.505 e. The summed E-state index contributed by atoms with van der Waals surface area (Å²) in [6, 6.07) is 6.63. The van der Waals surface area contributed by atoms with Gasteiger partial charge in [0.1, 0.15) is 12.1 Å². The van der Waals surface area contributed by atoms with Crippen LogP contribution in [0.5, 0.6) is 5.75 Å². The molecule has 1 aliphatic heterocycles. The van der Waals surface area contributed by atoms with Crippen molar-refractivity contribution in [2.45, 2.75) is 6.92 Å². The summed E-state index contributed by atoms with van der Waals surface area (Å²) in [6.07, 6.45) is 0. The lowest BCUT2D eigenvalue weighted by molar-refractivity contribution is 0.476. The number of nitriles is 2. The molecule has 112 valence electrons. The Bertz CT molecular complexity index is 967. The maximum atomic E-state index is 9.59.